The molecule has 0 radical (unpaired) electrons. The van der Waals surface area contributed by atoms with Crippen molar-refractivity contribution in [3.05, 3.63) is 23.8 Å². The molecule has 1 amide bonds. The molecule has 0 bridgehead atoms. The average molecular weight is 279 g/mol. The number of nitrogens with one attached hydrogen (secondary N) is 1. The number of carbonyl (C=O) groups excluding carboxylic acids is 1. The van der Waals surface area contributed by atoms with Gasteiger partial charge in [0.1, 0.15) is 5.75 Å². The molecule has 0 saturated heterocycles. The lowest BCUT2D eigenvalue weighted by Crippen LogP contribution is -2.30. The van der Waals surface area contributed by atoms with Gasteiger partial charge in [0.2, 0.25) is 0 Å². The highest BCUT2D eigenvalue weighted by Gasteiger charge is 2.12. The molecule has 20 heavy (non-hydrogen) atoms. The maximum atomic E-state index is 12.1. The molecule has 0 aliphatic rings. The molecule has 3 N–H and O–H groups in total. The number of carbonyl (C=O) groups is 1. The number of para-hydroxylation sites is 1. The Morgan fingerprint density at radius 1 is 1.35 bits per heavy atom. The topological polar surface area (TPSA) is 67.6 Å². The van der Waals surface area contributed by atoms with Crippen LogP contribution in [0.4, 0.5) is 5.69 Å². The maximum Gasteiger partial charge on any atom is 0.253 e. The Morgan fingerprint density at radius 3 is 2.65 bits per heavy atom. The molecule has 0 aliphatic carbocycles. The molecule has 0 heterocycles. The normalized spacial score (nSPS) is 10.6. The van der Waals surface area contributed by atoms with E-state index in [0.29, 0.717) is 23.5 Å². The summed E-state index contributed by atoms with van der Waals surface area (Å²) in [4.78, 5) is 14.4. The standard InChI is InChI=1S/C15H25N3O2/c1-4-18(5-2)11-7-10-17-15(19)12-8-6-9-13(20-3)14(12)16/h6,8-9H,4-5,7,10-11,16H2,1-3H3,(H,17,19). The van der Waals surface area contributed by atoms with Gasteiger partial charge in [0.15, 0.2) is 0 Å². The lowest BCUT2D eigenvalue weighted by atomic mass is 10.1. The summed E-state index contributed by atoms with van der Waals surface area (Å²) < 4.78 is 5.11. The van der Waals surface area contributed by atoms with Crippen LogP contribution < -0.4 is 15.8 Å². The van der Waals surface area contributed by atoms with Gasteiger partial charge in [0, 0.05) is 6.54 Å². The van der Waals surface area contributed by atoms with Crippen molar-refractivity contribution in [3.63, 3.8) is 0 Å². The summed E-state index contributed by atoms with van der Waals surface area (Å²) in [5.41, 5.74) is 6.75. The van der Waals surface area contributed by atoms with Crippen molar-refractivity contribution in [2.24, 2.45) is 0 Å². The molecule has 0 aromatic heterocycles. The van der Waals surface area contributed by atoms with Crippen LogP contribution in [-0.2, 0) is 0 Å². The van der Waals surface area contributed by atoms with Crippen LogP contribution in [0.2, 0.25) is 0 Å². The number of rotatable bonds is 8. The second-order valence-corrected chi connectivity index (χ2v) is 4.56. The van der Waals surface area contributed by atoms with Gasteiger partial charge >= 0.3 is 0 Å². The van der Waals surface area contributed by atoms with E-state index in [1.54, 1.807) is 18.2 Å². The summed E-state index contributed by atoms with van der Waals surface area (Å²) in [5.74, 6) is 0.377. The summed E-state index contributed by atoms with van der Waals surface area (Å²) in [6.45, 7) is 7.98. The molecule has 5 nitrogen and oxygen atoms in total. The highest BCUT2D eigenvalue weighted by Crippen LogP contribution is 2.24. The quantitative estimate of drug-likeness (QED) is 0.562. The summed E-state index contributed by atoms with van der Waals surface area (Å²) in [6, 6.07) is 5.21. The molecule has 1 aromatic rings. The molecule has 0 atom stereocenters. The van der Waals surface area contributed by atoms with Crippen LogP contribution in [0.25, 0.3) is 0 Å². The van der Waals surface area contributed by atoms with Crippen LogP contribution in [0.1, 0.15) is 30.6 Å². The number of amides is 1. The van der Waals surface area contributed by atoms with E-state index in [1.807, 2.05) is 0 Å². The number of methoxy groups -OCH3 is 1. The largest absolute Gasteiger partial charge is 0.495 e. The minimum Gasteiger partial charge on any atom is -0.495 e. The van der Waals surface area contributed by atoms with Gasteiger partial charge in [0.05, 0.1) is 18.4 Å². The lowest BCUT2D eigenvalue weighted by Gasteiger charge is -2.17. The van der Waals surface area contributed by atoms with Crippen molar-refractivity contribution in [1.82, 2.24) is 10.2 Å². The zero-order valence-electron chi connectivity index (χ0n) is 12.6. The fourth-order valence-electron chi connectivity index (χ4n) is 2.06. The molecule has 1 rings (SSSR count). The van der Waals surface area contributed by atoms with Crippen LogP contribution in [0, 0.1) is 0 Å². The third-order valence-electron chi connectivity index (χ3n) is 3.36. The molecule has 0 saturated carbocycles. The number of hydrogen-bond acceptors (Lipinski definition) is 4. The Labute approximate surface area is 121 Å². The number of hydrogen-bond donors (Lipinski definition) is 2. The fraction of sp³-hybridized carbons (Fsp3) is 0.533. The number of nitrogens with zero attached hydrogens (tertiary/aromatic N) is 1. The predicted molar refractivity (Wildman–Crippen MR) is 82.1 cm³/mol. The van der Waals surface area contributed by atoms with Crippen molar-refractivity contribution < 1.29 is 9.53 Å². The SMILES string of the molecule is CCN(CC)CCCNC(=O)c1cccc(OC)c1N. The van der Waals surface area contributed by atoms with Gasteiger partial charge in [0.25, 0.3) is 5.91 Å². The first kappa shape index (κ1) is 16.3. The fourth-order valence-corrected chi connectivity index (χ4v) is 2.06. The highest BCUT2D eigenvalue weighted by atomic mass is 16.5. The number of nitrogens with two attached hydrogens (primary N) is 1. The number of nitrogen functional groups attached to an aromatic ring is 1. The van der Waals surface area contributed by atoms with Crippen molar-refractivity contribution in [1.29, 1.82) is 0 Å². The van der Waals surface area contributed by atoms with E-state index in [0.717, 1.165) is 26.1 Å². The molecule has 5 heteroatoms. The summed E-state index contributed by atoms with van der Waals surface area (Å²) in [6.07, 6.45) is 0.928. The summed E-state index contributed by atoms with van der Waals surface area (Å²) in [5, 5.41) is 2.89. The van der Waals surface area contributed by atoms with Gasteiger partial charge in [-0.2, -0.15) is 0 Å². The van der Waals surface area contributed by atoms with Crippen LogP contribution >= 0.6 is 0 Å². The maximum absolute atomic E-state index is 12.1. The van der Waals surface area contributed by atoms with Crippen molar-refractivity contribution in [2.75, 3.05) is 39.0 Å². The van der Waals surface area contributed by atoms with E-state index in [4.69, 9.17) is 10.5 Å². The number of ether oxygens (including phenoxy) is 1. The zero-order chi connectivity index (χ0) is 15.0. The average Bonchev–Trinajstić information content (AvgIpc) is 2.47. The Balaban J connectivity index is 2.47. The van der Waals surface area contributed by atoms with E-state index >= 15 is 0 Å². The van der Waals surface area contributed by atoms with Crippen molar-refractivity contribution in [3.8, 4) is 5.75 Å². The summed E-state index contributed by atoms with van der Waals surface area (Å²) in [7, 11) is 1.54. The second kappa shape index (κ2) is 8.43. The first-order chi connectivity index (χ1) is 9.63. The van der Waals surface area contributed by atoms with Gasteiger partial charge in [-0.05, 0) is 38.2 Å². The Morgan fingerprint density at radius 2 is 2.05 bits per heavy atom. The van der Waals surface area contributed by atoms with Gasteiger partial charge in [-0.3, -0.25) is 4.79 Å². The van der Waals surface area contributed by atoms with E-state index in [-0.39, 0.29) is 5.91 Å². The predicted octanol–water partition coefficient (Wildman–Crippen LogP) is 1.74. The summed E-state index contributed by atoms with van der Waals surface area (Å²) >= 11 is 0. The molecule has 0 spiro atoms. The van der Waals surface area contributed by atoms with Crippen LogP contribution in [0.15, 0.2) is 18.2 Å². The molecule has 112 valence electrons. The van der Waals surface area contributed by atoms with Crippen LogP contribution in [0.5, 0.6) is 5.75 Å². The zero-order valence-corrected chi connectivity index (χ0v) is 12.6. The van der Waals surface area contributed by atoms with Crippen molar-refractivity contribution in [2.45, 2.75) is 20.3 Å². The van der Waals surface area contributed by atoms with Gasteiger partial charge < -0.3 is 20.7 Å². The van der Waals surface area contributed by atoms with Gasteiger partial charge in [-0.15, -0.1) is 0 Å². The van der Waals surface area contributed by atoms with Crippen molar-refractivity contribution >= 4 is 11.6 Å². The van der Waals surface area contributed by atoms with Gasteiger partial charge in [-0.1, -0.05) is 19.9 Å². The molecular weight excluding hydrogens is 254 g/mol. The molecule has 0 unspecified atom stereocenters. The lowest BCUT2D eigenvalue weighted by molar-refractivity contribution is 0.0952. The highest BCUT2D eigenvalue weighted by molar-refractivity contribution is 6.00. The number of anilines is 1. The number of benzene rings is 1. The molecule has 0 aliphatic heterocycles. The van der Waals surface area contributed by atoms with E-state index in [2.05, 4.69) is 24.1 Å². The molecular formula is C15H25N3O2. The Hall–Kier alpha value is -1.75. The minimum absolute atomic E-state index is 0.152. The smallest absolute Gasteiger partial charge is 0.253 e. The van der Waals surface area contributed by atoms with E-state index in [9.17, 15) is 4.79 Å². The first-order valence-electron chi connectivity index (χ1n) is 7.07. The Kier molecular flexibility index (Phi) is 6.87. The van der Waals surface area contributed by atoms with E-state index < -0.39 is 0 Å². The molecule has 0 fully saturated rings. The van der Waals surface area contributed by atoms with Crippen LogP contribution in [-0.4, -0.2) is 44.1 Å². The minimum atomic E-state index is -0.152. The third kappa shape index (κ3) is 4.42. The second-order valence-electron chi connectivity index (χ2n) is 4.56. The molecule has 1 aromatic carbocycles. The van der Waals surface area contributed by atoms with Gasteiger partial charge in [-0.25, -0.2) is 0 Å². The first-order valence-corrected chi connectivity index (χ1v) is 7.07. The monoisotopic (exact) mass is 279 g/mol. The van der Waals surface area contributed by atoms with Crippen LogP contribution in [0.3, 0.4) is 0 Å². The Bertz CT molecular complexity index is 431. The van der Waals surface area contributed by atoms with E-state index in [1.165, 1.54) is 7.11 Å². The third-order valence-corrected chi connectivity index (χ3v) is 3.36.